The van der Waals surface area contributed by atoms with Gasteiger partial charge in [0.1, 0.15) is 0 Å². The Morgan fingerprint density at radius 2 is 2.47 bits per heavy atom. The molecule has 0 bridgehead atoms. The number of carbonyl (C=O) groups is 1. The zero-order valence-corrected chi connectivity index (χ0v) is 8.76. The highest BCUT2D eigenvalue weighted by molar-refractivity contribution is 5.72. The number of hydrogen-bond acceptors (Lipinski definition) is 3. The molecule has 82 valence electrons. The summed E-state index contributed by atoms with van der Waals surface area (Å²) in [5.74, 6) is -0.821. The van der Waals surface area contributed by atoms with Crippen molar-refractivity contribution in [3.8, 4) is 0 Å². The summed E-state index contributed by atoms with van der Waals surface area (Å²) in [4.78, 5) is 10.9. The van der Waals surface area contributed by atoms with Crippen LogP contribution in [0, 0.1) is 5.92 Å². The van der Waals surface area contributed by atoms with Crippen molar-refractivity contribution in [1.29, 1.82) is 0 Å². The molecule has 5 nitrogen and oxygen atoms in total. The molecule has 0 radical (unpaired) electrons. The van der Waals surface area contributed by atoms with Crippen LogP contribution >= 0.6 is 0 Å². The largest absolute Gasteiger partial charge is 0.481 e. The molecule has 1 aliphatic carbocycles. The highest BCUT2D eigenvalue weighted by atomic mass is 16.4. The molecule has 5 heteroatoms. The molecule has 2 atom stereocenters. The van der Waals surface area contributed by atoms with E-state index in [0.717, 1.165) is 31.5 Å². The average Bonchev–Trinajstić information content (AvgIpc) is 2.51. The first-order valence-electron chi connectivity index (χ1n) is 5.35. The van der Waals surface area contributed by atoms with Crippen molar-refractivity contribution in [3.63, 3.8) is 0 Å². The maximum Gasteiger partial charge on any atom is 0.307 e. The number of aromatic nitrogens is 3. The summed E-state index contributed by atoms with van der Waals surface area (Å²) in [7, 11) is 0. The molecular formula is C10H15N3O2. The van der Waals surface area contributed by atoms with E-state index < -0.39 is 5.97 Å². The van der Waals surface area contributed by atoms with Crippen LogP contribution in [-0.4, -0.2) is 26.1 Å². The van der Waals surface area contributed by atoms with Crippen LogP contribution in [0.25, 0.3) is 0 Å². The third kappa shape index (κ3) is 1.73. The summed E-state index contributed by atoms with van der Waals surface area (Å²) < 4.78 is 1.83. The van der Waals surface area contributed by atoms with Crippen molar-refractivity contribution in [3.05, 3.63) is 11.9 Å². The number of carboxylic acids is 1. The van der Waals surface area contributed by atoms with Crippen LogP contribution in [0.1, 0.15) is 37.8 Å². The molecule has 2 unspecified atom stereocenters. The van der Waals surface area contributed by atoms with Gasteiger partial charge in [0, 0.05) is 12.5 Å². The Morgan fingerprint density at radius 1 is 1.67 bits per heavy atom. The lowest BCUT2D eigenvalue weighted by atomic mass is 9.72. The normalized spacial score (nSPS) is 24.9. The zero-order valence-electron chi connectivity index (χ0n) is 8.76. The standard InChI is InChI=1S/C10H15N3O2/c1-2-5-13-9(6-11-12-13)7-3-4-8(7)10(14)15/h6-8H,2-5H2,1H3,(H,14,15). The van der Waals surface area contributed by atoms with Gasteiger partial charge in [-0.25, -0.2) is 4.68 Å². The molecule has 0 aliphatic heterocycles. The van der Waals surface area contributed by atoms with Crippen LogP contribution in [0.2, 0.25) is 0 Å². The first kappa shape index (κ1) is 10.1. The Labute approximate surface area is 88.1 Å². The van der Waals surface area contributed by atoms with Crippen LogP contribution in [0.5, 0.6) is 0 Å². The average molecular weight is 209 g/mol. The van der Waals surface area contributed by atoms with E-state index in [9.17, 15) is 4.79 Å². The van der Waals surface area contributed by atoms with Gasteiger partial charge in [-0.3, -0.25) is 4.79 Å². The minimum absolute atomic E-state index is 0.115. The van der Waals surface area contributed by atoms with Gasteiger partial charge in [0.2, 0.25) is 0 Å². The molecule has 0 aromatic carbocycles. The van der Waals surface area contributed by atoms with Gasteiger partial charge in [0.05, 0.1) is 17.8 Å². The van der Waals surface area contributed by atoms with E-state index in [1.165, 1.54) is 0 Å². The highest BCUT2D eigenvalue weighted by Crippen LogP contribution is 2.42. The topological polar surface area (TPSA) is 68.0 Å². The quantitative estimate of drug-likeness (QED) is 0.810. The fraction of sp³-hybridized carbons (Fsp3) is 0.700. The van der Waals surface area contributed by atoms with Crippen molar-refractivity contribution in [2.75, 3.05) is 0 Å². The summed E-state index contributed by atoms with van der Waals surface area (Å²) >= 11 is 0. The maximum absolute atomic E-state index is 10.9. The predicted octanol–water partition coefficient (Wildman–Crippen LogP) is 1.27. The summed E-state index contributed by atoms with van der Waals surface area (Å²) in [5, 5.41) is 16.8. The smallest absolute Gasteiger partial charge is 0.307 e. The SMILES string of the molecule is CCCn1nncc1C1CCC1C(=O)O. The van der Waals surface area contributed by atoms with Gasteiger partial charge in [-0.05, 0) is 19.3 Å². The second kappa shape index (κ2) is 4.00. The number of aliphatic carboxylic acids is 1. The molecule has 1 saturated carbocycles. The van der Waals surface area contributed by atoms with Gasteiger partial charge in [-0.1, -0.05) is 12.1 Å². The third-order valence-electron chi connectivity index (χ3n) is 3.05. The molecule has 15 heavy (non-hydrogen) atoms. The number of rotatable bonds is 4. The maximum atomic E-state index is 10.9. The summed E-state index contributed by atoms with van der Waals surface area (Å²) in [6.45, 7) is 2.89. The van der Waals surface area contributed by atoms with Crippen molar-refractivity contribution >= 4 is 5.97 Å². The number of aryl methyl sites for hydroxylation is 1. The Kier molecular flexibility index (Phi) is 2.70. The van der Waals surface area contributed by atoms with E-state index in [1.807, 2.05) is 4.68 Å². The van der Waals surface area contributed by atoms with Gasteiger partial charge >= 0.3 is 5.97 Å². The fourth-order valence-corrected chi connectivity index (χ4v) is 2.09. The predicted molar refractivity (Wildman–Crippen MR) is 53.4 cm³/mol. The first-order chi connectivity index (χ1) is 7.24. The van der Waals surface area contributed by atoms with E-state index >= 15 is 0 Å². The monoisotopic (exact) mass is 209 g/mol. The van der Waals surface area contributed by atoms with E-state index in [4.69, 9.17) is 5.11 Å². The molecular weight excluding hydrogens is 194 g/mol. The van der Waals surface area contributed by atoms with Crippen molar-refractivity contribution in [2.24, 2.45) is 5.92 Å². The summed E-state index contributed by atoms with van der Waals surface area (Å²) in [5.41, 5.74) is 0.982. The van der Waals surface area contributed by atoms with E-state index in [2.05, 4.69) is 17.2 Å². The minimum Gasteiger partial charge on any atom is -0.481 e. The first-order valence-corrected chi connectivity index (χ1v) is 5.35. The number of hydrogen-bond donors (Lipinski definition) is 1. The van der Waals surface area contributed by atoms with Crippen molar-refractivity contribution in [2.45, 2.75) is 38.6 Å². The molecule has 1 heterocycles. The van der Waals surface area contributed by atoms with Crippen LogP contribution < -0.4 is 0 Å². The molecule has 1 N–H and O–H groups in total. The molecule has 1 fully saturated rings. The molecule has 1 aromatic rings. The third-order valence-corrected chi connectivity index (χ3v) is 3.05. The Morgan fingerprint density at radius 3 is 3.00 bits per heavy atom. The lowest BCUT2D eigenvalue weighted by Gasteiger charge is -2.33. The fourth-order valence-electron chi connectivity index (χ4n) is 2.09. The molecule has 2 rings (SSSR count). The molecule has 1 aliphatic rings. The van der Waals surface area contributed by atoms with Gasteiger partial charge in [-0.2, -0.15) is 0 Å². The molecule has 0 amide bonds. The minimum atomic E-state index is -0.699. The van der Waals surface area contributed by atoms with Crippen LogP contribution in [0.4, 0.5) is 0 Å². The van der Waals surface area contributed by atoms with Crippen molar-refractivity contribution in [1.82, 2.24) is 15.0 Å². The zero-order chi connectivity index (χ0) is 10.8. The van der Waals surface area contributed by atoms with Crippen LogP contribution in [0.3, 0.4) is 0 Å². The lowest BCUT2D eigenvalue weighted by Crippen LogP contribution is -2.32. The number of carboxylic acid groups (broad SMARTS) is 1. The van der Waals surface area contributed by atoms with Gasteiger partial charge in [0.25, 0.3) is 0 Å². The van der Waals surface area contributed by atoms with Crippen LogP contribution in [-0.2, 0) is 11.3 Å². The van der Waals surface area contributed by atoms with Crippen LogP contribution in [0.15, 0.2) is 6.20 Å². The van der Waals surface area contributed by atoms with E-state index in [-0.39, 0.29) is 11.8 Å². The van der Waals surface area contributed by atoms with E-state index in [0.29, 0.717) is 0 Å². The van der Waals surface area contributed by atoms with Gasteiger partial charge < -0.3 is 5.11 Å². The summed E-state index contributed by atoms with van der Waals surface area (Å²) in [6, 6.07) is 0. The molecule has 1 aromatic heterocycles. The highest BCUT2D eigenvalue weighted by Gasteiger charge is 2.39. The Hall–Kier alpha value is -1.39. The van der Waals surface area contributed by atoms with Gasteiger partial charge in [-0.15, -0.1) is 5.10 Å². The van der Waals surface area contributed by atoms with Crippen molar-refractivity contribution < 1.29 is 9.90 Å². The van der Waals surface area contributed by atoms with Gasteiger partial charge in [0.15, 0.2) is 0 Å². The second-order valence-corrected chi connectivity index (χ2v) is 4.01. The second-order valence-electron chi connectivity index (χ2n) is 4.01. The number of nitrogens with zero attached hydrogens (tertiary/aromatic N) is 3. The Balaban J connectivity index is 2.15. The lowest BCUT2D eigenvalue weighted by molar-refractivity contribution is -0.145. The van der Waals surface area contributed by atoms with E-state index in [1.54, 1.807) is 6.20 Å². The molecule has 0 saturated heterocycles. The summed E-state index contributed by atoms with van der Waals surface area (Å²) in [6.07, 6.45) is 4.40. The Bertz CT molecular complexity index is 361. The molecule has 0 spiro atoms.